The van der Waals surface area contributed by atoms with Gasteiger partial charge in [0.2, 0.25) is 0 Å². The maximum absolute atomic E-state index is 12.8. The topological polar surface area (TPSA) is 93.7 Å². The number of carbonyl (C=O) groups is 3. The normalized spacial score (nSPS) is 10.1. The van der Waals surface area contributed by atoms with Gasteiger partial charge in [0.15, 0.2) is 6.61 Å². The highest BCUT2D eigenvalue weighted by Gasteiger charge is 2.13. The predicted octanol–water partition coefficient (Wildman–Crippen LogP) is 1.47. The van der Waals surface area contributed by atoms with Crippen LogP contribution in [0.1, 0.15) is 15.9 Å². The van der Waals surface area contributed by atoms with Crippen molar-refractivity contribution >= 4 is 17.8 Å². The van der Waals surface area contributed by atoms with Gasteiger partial charge in [0.05, 0.1) is 12.7 Å². The molecule has 7 nitrogen and oxygen atoms in total. The van der Waals surface area contributed by atoms with Gasteiger partial charge in [0, 0.05) is 6.54 Å². The molecular weight excluding hydrogens is 367 g/mol. The van der Waals surface area contributed by atoms with Crippen LogP contribution >= 0.6 is 0 Å². The number of hydrogen-bond acceptors (Lipinski definition) is 5. The summed E-state index contributed by atoms with van der Waals surface area (Å²) in [5.41, 5.74) is 1.16. The molecule has 0 radical (unpaired) electrons. The van der Waals surface area contributed by atoms with Crippen LogP contribution in [0.25, 0.3) is 0 Å². The molecule has 0 bridgehead atoms. The van der Waals surface area contributed by atoms with Crippen LogP contribution in [0.3, 0.4) is 0 Å². The van der Waals surface area contributed by atoms with Crippen molar-refractivity contribution in [3.05, 3.63) is 65.5 Å². The summed E-state index contributed by atoms with van der Waals surface area (Å²) < 4.78 is 22.7. The lowest BCUT2D eigenvalue weighted by molar-refractivity contribution is -0.147. The molecule has 0 heterocycles. The molecule has 8 heteroatoms. The number of rotatable bonds is 9. The third-order valence-electron chi connectivity index (χ3n) is 3.76. The summed E-state index contributed by atoms with van der Waals surface area (Å²) in [5, 5.41) is 5.00. The molecule has 0 aromatic heterocycles. The summed E-state index contributed by atoms with van der Waals surface area (Å²) in [6, 6.07) is 12.5. The number of carbonyl (C=O) groups excluding carboxylic acids is 3. The van der Waals surface area contributed by atoms with Crippen LogP contribution in [-0.4, -0.2) is 44.6 Å². The fraction of sp³-hybridized carbons (Fsp3) is 0.250. The van der Waals surface area contributed by atoms with E-state index in [4.69, 9.17) is 9.47 Å². The number of amides is 2. The van der Waals surface area contributed by atoms with Crippen LogP contribution in [0.5, 0.6) is 5.75 Å². The largest absolute Gasteiger partial charge is 0.496 e. The Morgan fingerprint density at radius 1 is 1.00 bits per heavy atom. The van der Waals surface area contributed by atoms with E-state index in [0.717, 1.165) is 5.56 Å². The van der Waals surface area contributed by atoms with E-state index in [1.165, 1.54) is 19.2 Å². The quantitative estimate of drug-likeness (QED) is 0.635. The van der Waals surface area contributed by atoms with Gasteiger partial charge in [0.1, 0.15) is 18.1 Å². The van der Waals surface area contributed by atoms with Gasteiger partial charge < -0.3 is 20.1 Å². The van der Waals surface area contributed by atoms with Gasteiger partial charge in [0.25, 0.3) is 11.8 Å². The molecule has 148 valence electrons. The fourth-order valence-corrected chi connectivity index (χ4v) is 2.33. The lowest BCUT2D eigenvalue weighted by Gasteiger charge is -2.09. The fourth-order valence-electron chi connectivity index (χ4n) is 2.33. The van der Waals surface area contributed by atoms with Crippen LogP contribution in [0.2, 0.25) is 0 Å². The van der Waals surface area contributed by atoms with E-state index in [2.05, 4.69) is 10.6 Å². The van der Waals surface area contributed by atoms with Crippen molar-refractivity contribution in [3.63, 3.8) is 0 Å². The van der Waals surface area contributed by atoms with E-state index < -0.39 is 24.4 Å². The maximum Gasteiger partial charge on any atom is 0.325 e. The van der Waals surface area contributed by atoms with Crippen molar-refractivity contribution in [2.45, 2.75) is 6.42 Å². The van der Waals surface area contributed by atoms with Gasteiger partial charge in [-0.2, -0.15) is 0 Å². The molecule has 0 unspecified atom stereocenters. The average Bonchev–Trinajstić information content (AvgIpc) is 2.71. The summed E-state index contributed by atoms with van der Waals surface area (Å²) in [6.07, 6.45) is 0.523. The maximum atomic E-state index is 12.8. The number of benzene rings is 2. The Hall–Kier alpha value is -3.42. The summed E-state index contributed by atoms with van der Waals surface area (Å²) in [5.74, 6) is -1.63. The van der Waals surface area contributed by atoms with Crippen molar-refractivity contribution in [1.29, 1.82) is 0 Å². The zero-order valence-electron chi connectivity index (χ0n) is 15.4. The van der Waals surface area contributed by atoms with Gasteiger partial charge >= 0.3 is 5.97 Å². The molecule has 0 saturated carbocycles. The van der Waals surface area contributed by atoms with E-state index in [1.807, 2.05) is 0 Å². The van der Waals surface area contributed by atoms with Gasteiger partial charge in [-0.05, 0) is 36.2 Å². The minimum atomic E-state index is -0.739. The van der Waals surface area contributed by atoms with E-state index in [-0.39, 0.29) is 17.9 Å². The lowest BCUT2D eigenvalue weighted by atomic mass is 10.1. The smallest absolute Gasteiger partial charge is 0.325 e. The predicted molar refractivity (Wildman–Crippen MR) is 99.4 cm³/mol. The van der Waals surface area contributed by atoms with Gasteiger partial charge in [-0.15, -0.1) is 0 Å². The van der Waals surface area contributed by atoms with Crippen molar-refractivity contribution < 1.29 is 28.2 Å². The summed E-state index contributed by atoms with van der Waals surface area (Å²) >= 11 is 0. The lowest BCUT2D eigenvalue weighted by Crippen LogP contribution is -2.34. The first-order chi connectivity index (χ1) is 13.5. The molecule has 2 amide bonds. The first-order valence-electron chi connectivity index (χ1n) is 8.57. The first-order valence-corrected chi connectivity index (χ1v) is 8.57. The summed E-state index contributed by atoms with van der Waals surface area (Å²) in [4.78, 5) is 35.4. The monoisotopic (exact) mass is 388 g/mol. The van der Waals surface area contributed by atoms with Crippen LogP contribution < -0.4 is 15.4 Å². The molecule has 0 aliphatic heterocycles. The van der Waals surface area contributed by atoms with Gasteiger partial charge in [-0.25, -0.2) is 4.39 Å². The third kappa shape index (κ3) is 6.71. The first kappa shape index (κ1) is 20.9. The van der Waals surface area contributed by atoms with Gasteiger partial charge in [-0.1, -0.05) is 24.3 Å². The molecule has 2 rings (SSSR count). The molecule has 0 fully saturated rings. The molecular formula is C20H21FN2O5. The van der Waals surface area contributed by atoms with E-state index in [0.29, 0.717) is 18.7 Å². The van der Waals surface area contributed by atoms with Crippen molar-refractivity contribution in [2.75, 3.05) is 26.8 Å². The molecule has 0 saturated heterocycles. The molecule has 2 N–H and O–H groups in total. The minimum Gasteiger partial charge on any atom is -0.496 e. The number of para-hydroxylation sites is 1. The number of hydrogen-bond donors (Lipinski definition) is 2. The second-order valence-electron chi connectivity index (χ2n) is 5.77. The van der Waals surface area contributed by atoms with Crippen molar-refractivity contribution in [2.24, 2.45) is 0 Å². The second kappa shape index (κ2) is 10.7. The second-order valence-corrected chi connectivity index (χ2v) is 5.77. The van der Waals surface area contributed by atoms with Crippen LogP contribution in [-0.2, 0) is 20.7 Å². The molecule has 0 aliphatic carbocycles. The number of nitrogens with one attached hydrogen (secondary N) is 2. The zero-order valence-corrected chi connectivity index (χ0v) is 15.4. The Morgan fingerprint density at radius 3 is 2.43 bits per heavy atom. The van der Waals surface area contributed by atoms with Crippen LogP contribution in [0.15, 0.2) is 48.5 Å². The summed E-state index contributed by atoms with van der Waals surface area (Å²) in [7, 11) is 1.44. The third-order valence-corrected chi connectivity index (χ3v) is 3.76. The average molecular weight is 388 g/mol. The Morgan fingerprint density at radius 2 is 1.71 bits per heavy atom. The SMILES string of the molecule is COc1ccccc1C(=O)NCC(=O)OCC(=O)NCCc1ccc(F)cc1. The Bertz CT molecular complexity index is 824. The number of esters is 1. The van der Waals surface area contributed by atoms with Crippen molar-refractivity contribution in [1.82, 2.24) is 10.6 Å². The molecule has 0 atom stereocenters. The molecule has 2 aromatic carbocycles. The molecule has 2 aromatic rings. The summed E-state index contributed by atoms with van der Waals surface area (Å²) in [6.45, 7) is -0.501. The highest BCUT2D eigenvalue weighted by atomic mass is 19.1. The van der Waals surface area contributed by atoms with Gasteiger partial charge in [-0.3, -0.25) is 14.4 Å². The molecule has 0 aliphatic rings. The Labute approximate surface area is 161 Å². The van der Waals surface area contributed by atoms with E-state index in [9.17, 15) is 18.8 Å². The number of halogens is 1. The van der Waals surface area contributed by atoms with Crippen LogP contribution in [0.4, 0.5) is 4.39 Å². The number of ether oxygens (including phenoxy) is 2. The number of methoxy groups -OCH3 is 1. The van der Waals surface area contributed by atoms with E-state index >= 15 is 0 Å². The van der Waals surface area contributed by atoms with E-state index in [1.54, 1.807) is 36.4 Å². The highest BCUT2D eigenvalue weighted by Crippen LogP contribution is 2.16. The molecule has 28 heavy (non-hydrogen) atoms. The molecule has 0 spiro atoms. The Kier molecular flexibility index (Phi) is 7.95. The zero-order chi connectivity index (χ0) is 20.4. The highest BCUT2D eigenvalue weighted by molar-refractivity contribution is 5.98. The van der Waals surface area contributed by atoms with Crippen LogP contribution in [0, 0.1) is 5.82 Å². The van der Waals surface area contributed by atoms with Crippen molar-refractivity contribution in [3.8, 4) is 5.75 Å². The standard InChI is InChI=1S/C20H21FN2O5/c1-27-17-5-3-2-4-16(17)20(26)23-12-19(25)28-13-18(24)22-11-10-14-6-8-15(21)9-7-14/h2-9H,10-13H2,1H3,(H,22,24)(H,23,26). The Balaban J connectivity index is 1.65. The minimum absolute atomic E-state index is 0.288.